The summed E-state index contributed by atoms with van der Waals surface area (Å²) in [6.45, 7) is 3.59. The molecule has 1 saturated heterocycles. The average Bonchev–Trinajstić information content (AvgIpc) is 3.31. The standard InChI is InChI=1S/C15H27N3O2/c16-8-4-2-1-3-5-14(19)17-9-11-18(12-10-17)15(20)13-6-7-13/h13H,1-12,16H2. The minimum Gasteiger partial charge on any atom is -0.339 e. The molecule has 2 aliphatic rings. The Morgan fingerprint density at radius 1 is 0.900 bits per heavy atom. The van der Waals surface area contributed by atoms with Crippen molar-refractivity contribution < 1.29 is 9.59 Å². The third kappa shape index (κ3) is 4.47. The van der Waals surface area contributed by atoms with Crippen LogP contribution in [0.5, 0.6) is 0 Å². The molecule has 0 radical (unpaired) electrons. The van der Waals surface area contributed by atoms with Gasteiger partial charge in [-0.1, -0.05) is 12.8 Å². The zero-order chi connectivity index (χ0) is 14.4. The molecule has 114 valence electrons. The lowest BCUT2D eigenvalue weighted by Crippen LogP contribution is -2.51. The van der Waals surface area contributed by atoms with E-state index in [9.17, 15) is 9.59 Å². The topological polar surface area (TPSA) is 66.6 Å². The number of amides is 2. The molecule has 2 N–H and O–H groups in total. The van der Waals surface area contributed by atoms with Crippen molar-refractivity contribution in [1.82, 2.24) is 9.80 Å². The molecule has 0 atom stereocenters. The number of hydrogen-bond donors (Lipinski definition) is 1. The largest absolute Gasteiger partial charge is 0.339 e. The third-order valence-electron chi connectivity index (χ3n) is 4.22. The molecule has 0 aromatic rings. The molecule has 0 aromatic heterocycles. The van der Waals surface area contributed by atoms with E-state index in [0.29, 0.717) is 44.4 Å². The molecule has 1 saturated carbocycles. The summed E-state index contributed by atoms with van der Waals surface area (Å²) >= 11 is 0. The Kier molecular flexibility index (Phi) is 5.83. The van der Waals surface area contributed by atoms with E-state index < -0.39 is 0 Å². The molecule has 0 bridgehead atoms. The molecule has 5 heteroatoms. The van der Waals surface area contributed by atoms with Gasteiger partial charge in [0.25, 0.3) is 0 Å². The van der Waals surface area contributed by atoms with Crippen LogP contribution in [0, 0.1) is 5.92 Å². The molecule has 0 unspecified atom stereocenters. The number of hydrogen-bond acceptors (Lipinski definition) is 3. The Morgan fingerprint density at radius 2 is 1.50 bits per heavy atom. The highest BCUT2D eigenvalue weighted by Crippen LogP contribution is 2.31. The van der Waals surface area contributed by atoms with E-state index in [2.05, 4.69) is 0 Å². The van der Waals surface area contributed by atoms with Gasteiger partial charge in [0, 0.05) is 38.5 Å². The Bertz CT molecular complexity index is 334. The van der Waals surface area contributed by atoms with E-state index >= 15 is 0 Å². The van der Waals surface area contributed by atoms with Crippen LogP contribution >= 0.6 is 0 Å². The van der Waals surface area contributed by atoms with Gasteiger partial charge in [0.2, 0.25) is 11.8 Å². The van der Waals surface area contributed by atoms with Crippen LogP contribution in [-0.2, 0) is 9.59 Å². The minimum atomic E-state index is 0.247. The predicted octanol–water partition coefficient (Wildman–Crippen LogP) is 0.976. The van der Waals surface area contributed by atoms with Gasteiger partial charge < -0.3 is 15.5 Å². The quantitative estimate of drug-likeness (QED) is 0.707. The molecule has 0 spiro atoms. The van der Waals surface area contributed by atoms with Gasteiger partial charge in [-0.25, -0.2) is 0 Å². The number of nitrogens with two attached hydrogens (primary N) is 1. The van der Waals surface area contributed by atoms with Gasteiger partial charge in [0.15, 0.2) is 0 Å². The van der Waals surface area contributed by atoms with Crippen LogP contribution in [0.4, 0.5) is 0 Å². The van der Waals surface area contributed by atoms with Crippen molar-refractivity contribution >= 4 is 11.8 Å². The lowest BCUT2D eigenvalue weighted by Gasteiger charge is -2.35. The molecule has 1 heterocycles. The molecule has 20 heavy (non-hydrogen) atoms. The zero-order valence-corrected chi connectivity index (χ0v) is 12.4. The summed E-state index contributed by atoms with van der Waals surface area (Å²) in [7, 11) is 0. The summed E-state index contributed by atoms with van der Waals surface area (Å²) in [5.41, 5.74) is 5.44. The first-order valence-corrected chi connectivity index (χ1v) is 7.99. The van der Waals surface area contributed by atoms with Crippen molar-refractivity contribution in [1.29, 1.82) is 0 Å². The zero-order valence-electron chi connectivity index (χ0n) is 12.4. The molecule has 2 amide bonds. The maximum atomic E-state index is 12.1. The normalized spacial score (nSPS) is 19.2. The number of carbonyl (C=O) groups is 2. The van der Waals surface area contributed by atoms with E-state index in [1.165, 1.54) is 0 Å². The molecule has 0 aromatic carbocycles. The molecular weight excluding hydrogens is 254 g/mol. The Hall–Kier alpha value is -1.10. The van der Waals surface area contributed by atoms with Gasteiger partial charge >= 0.3 is 0 Å². The van der Waals surface area contributed by atoms with Gasteiger partial charge in [-0.3, -0.25) is 9.59 Å². The smallest absolute Gasteiger partial charge is 0.225 e. The second-order valence-electron chi connectivity index (χ2n) is 5.93. The summed E-state index contributed by atoms with van der Waals surface area (Å²) in [6.07, 6.45) is 6.97. The number of rotatable bonds is 7. The molecule has 1 aliphatic heterocycles. The van der Waals surface area contributed by atoms with E-state index in [-0.39, 0.29) is 5.91 Å². The highest BCUT2D eigenvalue weighted by molar-refractivity contribution is 5.81. The van der Waals surface area contributed by atoms with Crippen LogP contribution in [0.2, 0.25) is 0 Å². The summed E-state index contributed by atoms with van der Waals surface area (Å²) in [5, 5.41) is 0. The molecule has 2 rings (SSSR count). The van der Waals surface area contributed by atoms with Crippen molar-refractivity contribution in [3.05, 3.63) is 0 Å². The summed E-state index contributed by atoms with van der Waals surface area (Å²) in [6, 6.07) is 0. The number of piperazine rings is 1. The second kappa shape index (κ2) is 7.62. The van der Waals surface area contributed by atoms with Crippen molar-refractivity contribution in [2.24, 2.45) is 11.7 Å². The lowest BCUT2D eigenvalue weighted by atomic mass is 10.1. The first kappa shape index (κ1) is 15.3. The van der Waals surface area contributed by atoms with Gasteiger partial charge in [0.1, 0.15) is 0 Å². The first-order valence-electron chi connectivity index (χ1n) is 7.99. The molecule has 1 aliphatic carbocycles. The summed E-state index contributed by atoms with van der Waals surface area (Å²) < 4.78 is 0. The van der Waals surface area contributed by atoms with Gasteiger partial charge in [-0.05, 0) is 32.2 Å². The van der Waals surface area contributed by atoms with E-state index in [1.54, 1.807) is 0 Å². The molecule has 5 nitrogen and oxygen atoms in total. The minimum absolute atomic E-state index is 0.247. The monoisotopic (exact) mass is 281 g/mol. The Balaban J connectivity index is 1.60. The van der Waals surface area contributed by atoms with E-state index in [0.717, 1.165) is 45.1 Å². The van der Waals surface area contributed by atoms with E-state index in [1.807, 2.05) is 9.80 Å². The summed E-state index contributed by atoms with van der Waals surface area (Å²) in [4.78, 5) is 27.8. The van der Waals surface area contributed by atoms with Crippen LogP contribution < -0.4 is 5.73 Å². The van der Waals surface area contributed by atoms with Crippen LogP contribution in [0.25, 0.3) is 0 Å². The van der Waals surface area contributed by atoms with E-state index in [4.69, 9.17) is 5.73 Å². The van der Waals surface area contributed by atoms with Gasteiger partial charge in [-0.2, -0.15) is 0 Å². The van der Waals surface area contributed by atoms with Gasteiger partial charge in [0.05, 0.1) is 0 Å². The number of carbonyl (C=O) groups excluding carboxylic acids is 2. The predicted molar refractivity (Wildman–Crippen MR) is 78.0 cm³/mol. The Labute approximate surface area is 121 Å². The van der Waals surface area contributed by atoms with Crippen molar-refractivity contribution in [3.8, 4) is 0 Å². The molecule has 2 fully saturated rings. The molecular formula is C15H27N3O2. The van der Waals surface area contributed by atoms with Crippen molar-refractivity contribution in [3.63, 3.8) is 0 Å². The van der Waals surface area contributed by atoms with Crippen LogP contribution in [-0.4, -0.2) is 54.3 Å². The van der Waals surface area contributed by atoms with Crippen molar-refractivity contribution in [2.45, 2.75) is 44.9 Å². The first-order chi connectivity index (χ1) is 9.72. The average molecular weight is 281 g/mol. The fourth-order valence-electron chi connectivity index (χ4n) is 2.70. The number of unbranched alkanes of at least 4 members (excludes halogenated alkanes) is 3. The van der Waals surface area contributed by atoms with Gasteiger partial charge in [-0.15, -0.1) is 0 Å². The van der Waals surface area contributed by atoms with Crippen LogP contribution in [0.3, 0.4) is 0 Å². The highest BCUT2D eigenvalue weighted by Gasteiger charge is 2.34. The van der Waals surface area contributed by atoms with Crippen LogP contribution in [0.15, 0.2) is 0 Å². The maximum absolute atomic E-state index is 12.1. The van der Waals surface area contributed by atoms with Crippen LogP contribution in [0.1, 0.15) is 44.9 Å². The Morgan fingerprint density at radius 3 is 2.10 bits per heavy atom. The SMILES string of the molecule is NCCCCCCC(=O)N1CCN(C(=O)C2CC2)CC1. The second-order valence-corrected chi connectivity index (χ2v) is 5.93. The highest BCUT2D eigenvalue weighted by atomic mass is 16.2. The third-order valence-corrected chi connectivity index (χ3v) is 4.22. The van der Waals surface area contributed by atoms with Crippen molar-refractivity contribution in [2.75, 3.05) is 32.7 Å². The maximum Gasteiger partial charge on any atom is 0.225 e. The number of nitrogens with zero attached hydrogens (tertiary/aromatic N) is 2. The fraction of sp³-hybridized carbons (Fsp3) is 0.867. The fourth-order valence-corrected chi connectivity index (χ4v) is 2.70. The lowest BCUT2D eigenvalue weighted by molar-refractivity contribution is -0.140. The summed E-state index contributed by atoms with van der Waals surface area (Å²) in [5.74, 6) is 0.843.